The van der Waals surface area contributed by atoms with E-state index in [1.54, 1.807) is 4.90 Å². The summed E-state index contributed by atoms with van der Waals surface area (Å²) in [4.78, 5) is 14.4. The summed E-state index contributed by atoms with van der Waals surface area (Å²) in [6, 6.07) is 3.83. The number of nitrogens with zero attached hydrogens (tertiary/aromatic N) is 1. The number of nitrogens with one attached hydrogen (secondary N) is 1. The Labute approximate surface area is 134 Å². The Bertz CT molecular complexity index is 535. The van der Waals surface area contributed by atoms with Gasteiger partial charge >= 0.3 is 0 Å². The lowest BCUT2D eigenvalue weighted by molar-refractivity contribution is -0.148. The molecule has 0 spiro atoms. The van der Waals surface area contributed by atoms with E-state index in [9.17, 15) is 13.6 Å². The molecule has 1 aliphatic carbocycles. The molecule has 0 bridgehead atoms. The van der Waals surface area contributed by atoms with E-state index in [1.807, 2.05) is 0 Å². The van der Waals surface area contributed by atoms with Gasteiger partial charge in [0, 0.05) is 24.7 Å². The molecular formula is C17H22F2N2O2. The number of halogens is 2. The van der Waals surface area contributed by atoms with E-state index in [2.05, 4.69) is 5.32 Å². The minimum absolute atomic E-state index is 0.0343. The summed E-state index contributed by atoms with van der Waals surface area (Å²) < 4.78 is 33.5. The summed E-state index contributed by atoms with van der Waals surface area (Å²) in [6.07, 6.45) is 3.26. The van der Waals surface area contributed by atoms with E-state index in [0.717, 1.165) is 32.2 Å². The number of amides is 1. The van der Waals surface area contributed by atoms with Crippen LogP contribution in [0.25, 0.3) is 0 Å². The molecule has 1 atom stereocenters. The zero-order valence-corrected chi connectivity index (χ0v) is 13.1. The third-order valence-corrected chi connectivity index (χ3v) is 4.64. The summed E-state index contributed by atoms with van der Waals surface area (Å²) in [7, 11) is 0. The van der Waals surface area contributed by atoms with Crippen LogP contribution in [0, 0.1) is 11.6 Å². The maximum Gasteiger partial charge on any atom is 0.253 e. The van der Waals surface area contributed by atoms with E-state index in [1.165, 1.54) is 18.2 Å². The van der Waals surface area contributed by atoms with Crippen molar-refractivity contribution in [1.29, 1.82) is 0 Å². The molecule has 0 aromatic heterocycles. The van der Waals surface area contributed by atoms with Gasteiger partial charge in [-0.1, -0.05) is 18.9 Å². The van der Waals surface area contributed by atoms with Crippen LogP contribution in [0.2, 0.25) is 0 Å². The van der Waals surface area contributed by atoms with Gasteiger partial charge in [-0.05, 0) is 25.0 Å². The smallest absolute Gasteiger partial charge is 0.253 e. The lowest BCUT2D eigenvalue weighted by Gasteiger charge is -2.34. The summed E-state index contributed by atoms with van der Waals surface area (Å²) in [5.74, 6) is -1.39. The number of ether oxygens (including phenoxy) is 1. The Balaban J connectivity index is 1.81. The number of carbonyl (C=O) groups is 1. The van der Waals surface area contributed by atoms with Crippen LogP contribution in [-0.4, -0.2) is 42.6 Å². The van der Waals surface area contributed by atoms with Crippen molar-refractivity contribution in [3.63, 3.8) is 0 Å². The monoisotopic (exact) mass is 324 g/mol. The SMILES string of the molecule is O=C(C1CNCCO1)N(Cc1c(F)cccc1F)C1CCCC1. The first-order valence-electron chi connectivity index (χ1n) is 8.22. The Morgan fingerprint density at radius 2 is 1.96 bits per heavy atom. The van der Waals surface area contributed by atoms with Crippen LogP contribution >= 0.6 is 0 Å². The lowest BCUT2D eigenvalue weighted by atomic mass is 10.1. The fourth-order valence-corrected chi connectivity index (χ4v) is 3.37. The number of hydrogen-bond donors (Lipinski definition) is 1. The van der Waals surface area contributed by atoms with Gasteiger partial charge in [0.25, 0.3) is 5.91 Å². The molecule has 2 aliphatic rings. The van der Waals surface area contributed by atoms with Crippen LogP contribution in [0.15, 0.2) is 18.2 Å². The van der Waals surface area contributed by atoms with Gasteiger partial charge in [0.1, 0.15) is 17.7 Å². The van der Waals surface area contributed by atoms with Crippen molar-refractivity contribution in [1.82, 2.24) is 10.2 Å². The number of rotatable bonds is 4. The molecule has 4 nitrogen and oxygen atoms in total. The highest BCUT2D eigenvalue weighted by Gasteiger charge is 2.33. The Hall–Kier alpha value is -1.53. The average Bonchev–Trinajstić information content (AvgIpc) is 3.09. The molecule has 1 aromatic rings. The minimum atomic E-state index is -0.608. The topological polar surface area (TPSA) is 41.6 Å². The first-order chi connectivity index (χ1) is 11.2. The van der Waals surface area contributed by atoms with E-state index in [4.69, 9.17) is 4.74 Å². The largest absolute Gasteiger partial charge is 0.366 e. The van der Waals surface area contributed by atoms with E-state index < -0.39 is 17.7 Å². The molecule has 1 N–H and O–H groups in total. The van der Waals surface area contributed by atoms with E-state index in [-0.39, 0.29) is 24.1 Å². The first kappa shape index (κ1) is 16.3. The molecule has 1 saturated heterocycles. The summed E-state index contributed by atoms with van der Waals surface area (Å²) in [5.41, 5.74) is -0.0449. The zero-order valence-electron chi connectivity index (χ0n) is 13.1. The fraction of sp³-hybridized carbons (Fsp3) is 0.588. The molecule has 1 heterocycles. The van der Waals surface area contributed by atoms with Gasteiger partial charge < -0.3 is 15.0 Å². The predicted molar refractivity (Wildman–Crippen MR) is 81.8 cm³/mol. The minimum Gasteiger partial charge on any atom is -0.366 e. The van der Waals surface area contributed by atoms with Crippen LogP contribution in [0.1, 0.15) is 31.2 Å². The molecule has 3 rings (SSSR count). The highest BCUT2D eigenvalue weighted by atomic mass is 19.1. The Kier molecular flexibility index (Phi) is 5.23. The van der Waals surface area contributed by atoms with Crippen LogP contribution in [0.4, 0.5) is 8.78 Å². The molecule has 6 heteroatoms. The molecule has 1 aromatic carbocycles. The second kappa shape index (κ2) is 7.36. The maximum atomic E-state index is 14.0. The van der Waals surface area contributed by atoms with Crippen LogP contribution in [0.3, 0.4) is 0 Å². The number of morpholine rings is 1. The molecule has 0 radical (unpaired) electrons. The molecule has 126 valence electrons. The number of hydrogen-bond acceptors (Lipinski definition) is 3. The van der Waals surface area contributed by atoms with Crippen LogP contribution in [-0.2, 0) is 16.1 Å². The molecule has 1 aliphatic heterocycles. The third kappa shape index (κ3) is 3.70. The average molecular weight is 324 g/mol. The molecule has 1 unspecified atom stereocenters. The quantitative estimate of drug-likeness (QED) is 0.923. The van der Waals surface area contributed by atoms with Gasteiger partial charge in [-0.25, -0.2) is 8.78 Å². The molecule has 23 heavy (non-hydrogen) atoms. The van der Waals surface area contributed by atoms with Gasteiger partial charge in [0.15, 0.2) is 0 Å². The second-order valence-corrected chi connectivity index (χ2v) is 6.17. The van der Waals surface area contributed by atoms with Gasteiger partial charge in [0.2, 0.25) is 0 Å². The zero-order chi connectivity index (χ0) is 16.2. The predicted octanol–water partition coefficient (Wildman–Crippen LogP) is 2.22. The Morgan fingerprint density at radius 1 is 1.26 bits per heavy atom. The van der Waals surface area contributed by atoms with Crippen molar-refractivity contribution in [2.24, 2.45) is 0 Å². The van der Waals surface area contributed by atoms with Gasteiger partial charge in [0.05, 0.1) is 13.2 Å². The summed E-state index contributed by atoms with van der Waals surface area (Å²) in [5, 5.41) is 3.13. The van der Waals surface area contributed by atoms with Crippen LogP contribution < -0.4 is 5.32 Å². The van der Waals surface area contributed by atoms with Gasteiger partial charge in [-0.15, -0.1) is 0 Å². The van der Waals surface area contributed by atoms with Crippen LogP contribution in [0.5, 0.6) is 0 Å². The summed E-state index contributed by atoms with van der Waals surface area (Å²) >= 11 is 0. The number of carbonyl (C=O) groups excluding carboxylic acids is 1. The van der Waals surface area contributed by atoms with Crippen molar-refractivity contribution in [2.45, 2.75) is 44.4 Å². The molecular weight excluding hydrogens is 302 g/mol. The van der Waals surface area contributed by atoms with E-state index >= 15 is 0 Å². The maximum absolute atomic E-state index is 14.0. The molecule has 1 amide bonds. The fourth-order valence-electron chi connectivity index (χ4n) is 3.37. The second-order valence-electron chi connectivity index (χ2n) is 6.17. The standard InChI is InChI=1S/C17H22F2N2O2/c18-14-6-3-7-15(19)13(14)11-21(12-4-1-2-5-12)17(22)16-10-20-8-9-23-16/h3,6-7,12,16,20H,1-2,4-5,8-11H2. The number of benzene rings is 1. The molecule has 2 fully saturated rings. The van der Waals surface area contributed by atoms with Crippen molar-refractivity contribution in [3.05, 3.63) is 35.4 Å². The third-order valence-electron chi connectivity index (χ3n) is 4.64. The van der Waals surface area contributed by atoms with Gasteiger partial charge in [-0.3, -0.25) is 4.79 Å². The van der Waals surface area contributed by atoms with Crippen molar-refractivity contribution in [2.75, 3.05) is 19.7 Å². The normalized spacial score (nSPS) is 22.3. The Morgan fingerprint density at radius 3 is 2.57 bits per heavy atom. The van der Waals surface area contributed by atoms with Crippen molar-refractivity contribution in [3.8, 4) is 0 Å². The highest BCUT2D eigenvalue weighted by Crippen LogP contribution is 2.27. The van der Waals surface area contributed by atoms with Crippen molar-refractivity contribution >= 4 is 5.91 Å². The molecule has 1 saturated carbocycles. The first-order valence-corrected chi connectivity index (χ1v) is 8.22. The summed E-state index contributed by atoms with van der Waals surface area (Å²) in [6.45, 7) is 1.60. The highest BCUT2D eigenvalue weighted by molar-refractivity contribution is 5.81. The van der Waals surface area contributed by atoms with Gasteiger partial charge in [-0.2, -0.15) is 0 Å². The van der Waals surface area contributed by atoms with Crippen molar-refractivity contribution < 1.29 is 18.3 Å². The lowest BCUT2D eigenvalue weighted by Crippen LogP contribution is -2.51. The van der Waals surface area contributed by atoms with E-state index in [0.29, 0.717) is 13.2 Å².